The molecular weight excluding hydrogens is 365 g/mol. The van der Waals surface area contributed by atoms with Crippen molar-refractivity contribution >= 4 is 24.3 Å². The molecule has 2 nitrogen and oxygen atoms in total. The number of hydrogen-bond donors (Lipinski definition) is 0. The zero-order chi connectivity index (χ0) is 15.6. The minimum atomic E-state index is -2.16. The van der Waals surface area contributed by atoms with Crippen LogP contribution in [0.2, 0.25) is 13.3 Å². The van der Waals surface area contributed by atoms with Gasteiger partial charge in [0.05, 0.1) is 0 Å². The molecule has 3 heteroatoms. The van der Waals surface area contributed by atoms with E-state index in [1.165, 1.54) is 57.4 Å². The molecule has 21 heavy (non-hydrogen) atoms. The van der Waals surface area contributed by atoms with Crippen molar-refractivity contribution in [2.24, 2.45) is 4.99 Å². The van der Waals surface area contributed by atoms with E-state index in [1.807, 2.05) is 0 Å². The van der Waals surface area contributed by atoms with Crippen LogP contribution in [0.4, 0.5) is 0 Å². The van der Waals surface area contributed by atoms with Crippen LogP contribution < -0.4 is 0 Å². The summed E-state index contributed by atoms with van der Waals surface area (Å²) in [6, 6.07) is 0. The molecule has 0 bridgehead atoms. The van der Waals surface area contributed by atoms with Crippen molar-refractivity contribution in [1.82, 2.24) is 0 Å². The average molecular weight is 400 g/mol. The third-order valence-corrected chi connectivity index (χ3v) is 19.0. The van der Waals surface area contributed by atoms with Gasteiger partial charge in [0, 0.05) is 0 Å². The van der Waals surface area contributed by atoms with E-state index in [-0.39, 0.29) is 0 Å². The number of nitrogens with zero attached hydrogens (tertiary/aromatic N) is 1. The van der Waals surface area contributed by atoms with Gasteiger partial charge in [-0.1, -0.05) is 0 Å². The molecule has 0 aromatic carbocycles. The number of unbranched alkanes of at least 4 members (excludes halogenated alkanes) is 3. The van der Waals surface area contributed by atoms with Gasteiger partial charge < -0.3 is 0 Å². The van der Waals surface area contributed by atoms with Gasteiger partial charge in [0.15, 0.2) is 0 Å². The Morgan fingerprint density at radius 1 is 1.00 bits per heavy atom. The fourth-order valence-corrected chi connectivity index (χ4v) is 18.7. The molecule has 0 spiro atoms. The van der Waals surface area contributed by atoms with Crippen molar-refractivity contribution in [3.05, 3.63) is 9.67 Å². The summed E-state index contributed by atoms with van der Waals surface area (Å²) in [6.07, 6.45) is 9.40. The van der Waals surface area contributed by atoms with Crippen LogP contribution in [0.5, 0.6) is 0 Å². The van der Waals surface area contributed by atoms with Crippen LogP contribution in [-0.4, -0.2) is 37.9 Å². The predicted molar refractivity (Wildman–Crippen MR) is 96.9 cm³/mol. The summed E-state index contributed by atoms with van der Waals surface area (Å²) in [6.45, 7) is 7.94. The molecule has 0 radical (unpaired) electrons. The van der Waals surface area contributed by atoms with E-state index in [1.54, 1.807) is 7.11 Å². The normalized spacial score (nSPS) is 17.3. The predicted octanol–water partition coefficient (Wildman–Crippen LogP) is 5.75. The Kier molecular flexibility index (Phi) is 9.70. The summed E-state index contributed by atoms with van der Waals surface area (Å²) in [7, 11) is 1.78. The van der Waals surface area contributed by atoms with Gasteiger partial charge in [-0.2, -0.15) is 0 Å². The van der Waals surface area contributed by atoms with Crippen LogP contribution in [0.3, 0.4) is 0 Å². The first-order chi connectivity index (χ1) is 10.2. The van der Waals surface area contributed by atoms with Crippen LogP contribution in [0.15, 0.2) is 14.7 Å². The molecule has 1 aliphatic rings. The number of ether oxygens (including phenoxy) is 1. The maximum absolute atomic E-state index is 5.50. The van der Waals surface area contributed by atoms with E-state index in [2.05, 4.69) is 29.9 Å². The van der Waals surface area contributed by atoms with Crippen molar-refractivity contribution in [2.75, 3.05) is 13.7 Å². The van der Waals surface area contributed by atoms with Gasteiger partial charge in [0.25, 0.3) is 0 Å². The molecule has 0 unspecified atom stereocenters. The summed E-state index contributed by atoms with van der Waals surface area (Å²) >= 11 is -2.16. The first-order valence-electron chi connectivity index (χ1n) is 9.02. The molecule has 0 aromatic rings. The Bertz CT molecular complexity index is 327. The average Bonchev–Trinajstić information content (AvgIpc) is 2.95. The molecule has 1 aliphatic heterocycles. The number of hydrogen-bond acceptors (Lipinski definition) is 2. The van der Waals surface area contributed by atoms with Crippen LogP contribution in [0.25, 0.3) is 0 Å². The maximum atomic E-state index is 5.50. The van der Waals surface area contributed by atoms with E-state index >= 15 is 0 Å². The molecule has 122 valence electrons. The second-order valence-electron chi connectivity index (χ2n) is 6.48. The summed E-state index contributed by atoms with van der Waals surface area (Å²) in [5.74, 6) is 0.945. The van der Waals surface area contributed by atoms with Gasteiger partial charge in [-0.05, 0) is 0 Å². The Morgan fingerprint density at radius 3 is 1.95 bits per heavy atom. The van der Waals surface area contributed by atoms with Gasteiger partial charge in [-0.15, -0.1) is 0 Å². The van der Waals surface area contributed by atoms with Crippen LogP contribution >= 0.6 is 0 Å². The molecule has 0 fully saturated rings. The fraction of sp³-hybridized carbons (Fsp3) is 0.833. The summed E-state index contributed by atoms with van der Waals surface area (Å²) < 4.78 is 12.9. The summed E-state index contributed by atoms with van der Waals surface area (Å²) in [5, 5.41) is 0. The SMILES string of the molecule is CCC[CH2][Sn](/[CH]=C1/CCN=C1OC)([CH2]CCC)[CH2]CCC. The van der Waals surface area contributed by atoms with Crippen molar-refractivity contribution < 1.29 is 4.74 Å². The molecule has 0 N–H and O–H groups in total. The molecule has 0 aliphatic carbocycles. The molecule has 0 saturated carbocycles. The van der Waals surface area contributed by atoms with E-state index in [4.69, 9.17) is 4.74 Å². The summed E-state index contributed by atoms with van der Waals surface area (Å²) in [5.41, 5.74) is 1.46. The van der Waals surface area contributed by atoms with Gasteiger partial charge in [0.2, 0.25) is 0 Å². The van der Waals surface area contributed by atoms with Gasteiger partial charge >= 0.3 is 136 Å². The first-order valence-corrected chi connectivity index (χ1v) is 16.7. The second kappa shape index (κ2) is 10.7. The molecular formula is C18H35NOSn. The molecule has 0 amide bonds. The monoisotopic (exact) mass is 401 g/mol. The third kappa shape index (κ3) is 6.33. The second-order valence-corrected chi connectivity index (χ2v) is 19.4. The zero-order valence-corrected chi connectivity index (χ0v) is 17.6. The van der Waals surface area contributed by atoms with Crippen LogP contribution in [0.1, 0.15) is 65.7 Å². The standard InChI is InChI=1S/C6H8NO.3C4H9.Sn/c1-5-3-4-7-6(5)8-2;3*1-3-4-2;/h1H,3-4H2,2H3;3*1,3-4H2,2H3;. The molecule has 0 aromatic heterocycles. The Labute approximate surface area is 136 Å². The minimum absolute atomic E-state index is 0.937. The number of aliphatic imine (C=N–C) groups is 1. The molecule has 1 rings (SSSR count). The number of rotatable bonds is 10. The van der Waals surface area contributed by atoms with Crippen molar-refractivity contribution in [2.45, 2.75) is 79.0 Å². The molecule has 0 saturated heterocycles. The van der Waals surface area contributed by atoms with Crippen molar-refractivity contribution in [1.29, 1.82) is 0 Å². The van der Waals surface area contributed by atoms with Crippen molar-refractivity contribution in [3.63, 3.8) is 0 Å². The Balaban J connectivity index is 2.94. The first kappa shape index (κ1) is 19.1. The van der Waals surface area contributed by atoms with E-state index in [0.29, 0.717) is 0 Å². The van der Waals surface area contributed by atoms with E-state index in [0.717, 1.165) is 18.9 Å². The van der Waals surface area contributed by atoms with E-state index < -0.39 is 18.4 Å². The van der Waals surface area contributed by atoms with E-state index in [9.17, 15) is 0 Å². The van der Waals surface area contributed by atoms with Gasteiger partial charge in [0.1, 0.15) is 0 Å². The topological polar surface area (TPSA) is 21.6 Å². The number of methoxy groups -OCH3 is 1. The van der Waals surface area contributed by atoms with Gasteiger partial charge in [-0.3, -0.25) is 0 Å². The third-order valence-electron chi connectivity index (χ3n) is 4.67. The van der Waals surface area contributed by atoms with Crippen molar-refractivity contribution in [3.8, 4) is 0 Å². The molecule has 1 heterocycles. The van der Waals surface area contributed by atoms with Gasteiger partial charge in [-0.25, -0.2) is 0 Å². The Morgan fingerprint density at radius 2 is 1.52 bits per heavy atom. The summed E-state index contributed by atoms with van der Waals surface area (Å²) in [4.78, 5) is 4.52. The quantitative estimate of drug-likeness (QED) is 0.428. The van der Waals surface area contributed by atoms with Crippen LogP contribution in [-0.2, 0) is 4.74 Å². The fourth-order valence-electron chi connectivity index (χ4n) is 3.36. The Hall–Kier alpha value is 0.00870. The molecule has 0 atom stereocenters. The zero-order valence-electron chi connectivity index (χ0n) is 14.7. The van der Waals surface area contributed by atoms with Crippen LogP contribution in [0, 0.1) is 0 Å².